The number of nitrogens with zero attached hydrogens (tertiary/aromatic N) is 3. The maximum atomic E-state index is 12.6. The minimum absolute atomic E-state index is 0.499. The zero-order chi connectivity index (χ0) is 17.4. The van der Waals surface area contributed by atoms with Gasteiger partial charge in [0.25, 0.3) is 5.85 Å². The van der Waals surface area contributed by atoms with Crippen molar-refractivity contribution in [3.63, 3.8) is 0 Å². The van der Waals surface area contributed by atoms with Crippen LogP contribution in [0.25, 0.3) is 0 Å². The SMILES string of the molecule is CN1C(=O)C(=O)N2c3ccc(Cl)cc3[C@]3(c4ccccc4)N=C[C@@]12O3. The number of anilines is 1. The van der Waals surface area contributed by atoms with Crippen molar-refractivity contribution in [2.24, 2.45) is 4.99 Å². The molecule has 2 bridgehead atoms. The molecule has 124 valence electrons. The molecular formula is C18H12ClN3O3. The third kappa shape index (κ3) is 1.56. The van der Waals surface area contributed by atoms with Gasteiger partial charge < -0.3 is 0 Å². The van der Waals surface area contributed by atoms with Gasteiger partial charge in [-0.3, -0.25) is 24.1 Å². The van der Waals surface area contributed by atoms with E-state index in [4.69, 9.17) is 16.3 Å². The average molecular weight is 354 g/mol. The Morgan fingerprint density at radius 1 is 1.08 bits per heavy atom. The Bertz CT molecular complexity index is 977. The lowest BCUT2D eigenvalue weighted by atomic mass is 9.92. The number of rotatable bonds is 1. The summed E-state index contributed by atoms with van der Waals surface area (Å²) >= 11 is 6.21. The van der Waals surface area contributed by atoms with Crippen LogP contribution in [0.15, 0.2) is 53.5 Å². The lowest BCUT2D eigenvalue weighted by Crippen LogP contribution is -2.59. The number of carbonyl (C=O) groups is 2. The minimum Gasteiger partial charge on any atom is -0.295 e. The summed E-state index contributed by atoms with van der Waals surface area (Å²) < 4.78 is 6.35. The van der Waals surface area contributed by atoms with Gasteiger partial charge >= 0.3 is 11.8 Å². The Morgan fingerprint density at radius 3 is 2.60 bits per heavy atom. The number of fused-ring (bicyclic) bond motifs is 4. The normalized spacial score (nSPS) is 29.2. The molecule has 5 rings (SSSR count). The number of benzene rings is 2. The number of amides is 2. The third-order valence-electron chi connectivity index (χ3n) is 4.93. The average Bonchev–Trinajstić information content (AvgIpc) is 3.08. The van der Waals surface area contributed by atoms with Crippen LogP contribution < -0.4 is 4.90 Å². The summed E-state index contributed by atoms with van der Waals surface area (Å²) in [7, 11) is 1.54. The molecule has 1 saturated heterocycles. The second-order valence-electron chi connectivity index (χ2n) is 6.20. The lowest BCUT2D eigenvalue weighted by Gasteiger charge is -2.44. The second-order valence-corrected chi connectivity index (χ2v) is 6.63. The smallest absolute Gasteiger partial charge is 0.295 e. The molecule has 3 heterocycles. The van der Waals surface area contributed by atoms with E-state index in [0.29, 0.717) is 16.3 Å². The van der Waals surface area contributed by atoms with Crippen LogP contribution in [0.3, 0.4) is 0 Å². The van der Waals surface area contributed by atoms with Crippen LogP contribution in [-0.4, -0.2) is 35.8 Å². The zero-order valence-electron chi connectivity index (χ0n) is 13.1. The van der Waals surface area contributed by atoms with E-state index in [9.17, 15) is 9.59 Å². The van der Waals surface area contributed by atoms with Crippen LogP contribution in [0.1, 0.15) is 11.1 Å². The van der Waals surface area contributed by atoms with Gasteiger partial charge in [0.1, 0.15) is 0 Å². The Balaban J connectivity index is 1.86. The van der Waals surface area contributed by atoms with Gasteiger partial charge in [-0.15, -0.1) is 0 Å². The van der Waals surface area contributed by atoms with Crippen LogP contribution in [0.2, 0.25) is 5.02 Å². The summed E-state index contributed by atoms with van der Waals surface area (Å²) in [5, 5.41) is 0.499. The molecule has 0 radical (unpaired) electrons. The van der Waals surface area contributed by atoms with E-state index in [2.05, 4.69) is 4.99 Å². The van der Waals surface area contributed by atoms with Crippen molar-refractivity contribution in [1.82, 2.24) is 4.90 Å². The van der Waals surface area contributed by atoms with Crippen molar-refractivity contribution in [3.8, 4) is 0 Å². The van der Waals surface area contributed by atoms with Crippen molar-refractivity contribution in [2.75, 3.05) is 11.9 Å². The Labute approximate surface area is 148 Å². The molecule has 0 saturated carbocycles. The molecule has 7 heteroatoms. The number of hydrogen-bond acceptors (Lipinski definition) is 4. The highest BCUT2D eigenvalue weighted by atomic mass is 35.5. The second kappa shape index (κ2) is 4.47. The summed E-state index contributed by atoms with van der Waals surface area (Å²) in [6.45, 7) is 0. The van der Waals surface area contributed by atoms with Crippen molar-refractivity contribution in [2.45, 2.75) is 11.6 Å². The number of aliphatic imine (C=N–C) groups is 1. The number of ether oxygens (including phenoxy) is 1. The van der Waals surface area contributed by atoms with Gasteiger partial charge in [-0.2, -0.15) is 0 Å². The monoisotopic (exact) mass is 353 g/mol. The van der Waals surface area contributed by atoms with Gasteiger partial charge in [-0.05, 0) is 18.2 Å². The molecule has 25 heavy (non-hydrogen) atoms. The van der Waals surface area contributed by atoms with Crippen LogP contribution in [0, 0.1) is 0 Å². The molecule has 0 aliphatic carbocycles. The van der Waals surface area contributed by atoms with Crippen LogP contribution in [-0.2, 0) is 20.1 Å². The van der Waals surface area contributed by atoms with E-state index in [1.807, 2.05) is 30.3 Å². The zero-order valence-corrected chi connectivity index (χ0v) is 13.9. The van der Waals surface area contributed by atoms with Gasteiger partial charge in [0.05, 0.1) is 11.9 Å². The van der Waals surface area contributed by atoms with Crippen LogP contribution >= 0.6 is 11.6 Å². The number of halogens is 1. The topological polar surface area (TPSA) is 62.2 Å². The molecule has 2 atom stereocenters. The van der Waals surface area contributed by atoms with Crippen molar-refractivity contribution < 1.29 is 14.3 Å². The van der Waals surface area contributed by atoms with Crippen LogP contribution in [0.4, 0.5) is 5.69 Å². The van der Waals surface area contributed by atoms with E-state index in [1.165, 1.54) is 23.1 Å². The Morgan fingerprint density at radius 2 is 1.84 bits per heavy atom. The molecule has 1 fully saturated rings. The molecule has 6 nitrogen and oxygen atoms in total. The molecule has 1 spiro atoms. The van der Waals surface area contributed by atoms with Crippen molar-refractivity contribution >= 4 is 35.3 Å². The summed E-state index contributed by atoms with van der Waals surface area (Å²) in [5.74, 6) is -2.65. The number of hydrogen-bond donors (Lipinski definition) is 0. The van der Waals surface area contributed by atoms with E-state index in [1.54, 1.807) is 18.2 Å². The molecule has 3 aliphatic heterocycles. The number of carbonyl (C=O) groups excluding carboxylic acids is 2. The fourth-order valence-corrected chi connectivity index (χ4v) is 3.89. The molecule has 2 amide bonds. The van der Waals surface area contributed by atoms with Gasteiger partial charge in [0.15, 0.2) is 0 Å². The predicted octanol–water partition coefficient (Wildman–Crippen LogP) is 2.11. The van der Waals surface area contributed by atoms with Gasteiger partial charge in [0, 0.05) is 23.2 Å². The Hall–Kier alpha value is -2.70. The fourth-order valence-electron chi connectivity index (χ4n) is 3.72. The molecular weight excluding hydrogens is 342 g/mol. The standard InChI is InChI=1S/C18H12ClN3O3/c1-21-15(23)16(24)22-14-8-7-12(19)9-13(14)18(11-5-3-2-4-6-11)20-10-17(21,22)25-18/h2-10H,1H3/t17-,18-/m1/s1. The molecule has 0 N–H and O–H groups in total. The van der Waals surface area contributed by atoms with E-state index >= 15 is 0 Å². The quantitative estimate of drug-likeness (QED) is 0.738. The summed E-state index contributed by atoms with van der Waals surface area (Å²) in [5.41, 5.74) is 0.843. The highest BCUT2D eigenvalue weighted by molar-refractivity contribution is 6.44. The first-order chi connectivity index (χ1) is 12.0. The van der Waals surface area contributed by atoms with Crippen LogP contribution in [0.5, 0.6) is 0 Å². The summed E-state index contributed by atoms with van der Waals surface area (Å²) in [6.07, 6.45) is 1.52. The van der Waals surface area contributed by atoms with Crippen molar-refractivity contribution in [1.29, 1.82) is 0 Å². The molecule has 2 aromatic carbocycles. The van der Waals surface area contributed by atoms with Crippen molar-refractivity contribution in [3.05, 3.63) is 64.7 Å². The molecule has 0 unspecified atom stereocenters. The molecule has 2 aromatic rings. The first-order valence-electron chi connectivity index (χ1n) is 7.74. The highest BCUT2D eigenvalue weighted by Crippen LogP contribution is 2.55. The van der Waals surface area contributed by atoms with Gasteiger partial charge in [0.2, 0.25) is 5.72 Å². The summed E-state index contributed by atoms with van der Waals surface area (Å²) in [4.78, 5) is 32.2. The van der Waals surface area contributed by atoms with Gasteiger partial charge in [-0.25, -0.2) is 4.99 Å². The third-order valence-corrected chi connectivity index (χ3v) is 5.17. The predicted molar refractivity (Wildman–Crippen MR) is 91.2 cm³/mol. The largest absolute Gasteiger partial charge is 0.320 e. The van der Waals surface area contributed by atoms with E-state index in [0.717, 1.165) is 5.56 Å². The fraction of sp³-hybridized carbons (Fsp3) is 0.167. The molecule has 3 aliphatic rings. The highest BCUT2D eigenvalue weighted by Gasteiger charge is 2.67. The maximum Gasteiger partial charge on any atom is 0.320 e. The first kappa shape index (κ1) is 14.6. The molecule has 0 aromatic heterocycles. The summed E-state index contributed by atoms with van der Waals surface area (Å²) in [6, 6.07) is 14.6. The maximum absolute atomic E-state index is 12.6. The van der Waals surface area contributed by atoms with E-state index in [-0.39, 0.29) is 0 Å². The van der Waals surface area contributed by atoms with E-state index < -0.39 is 23.4 Å². The van der Waals surface area contributed by atoms with Gasteiger partial charge in [-0.1, -0.05) is 41.9 Å². The number of likely N-dealkylation sites (N-methyl/N-ethyl adjacent to an activating group) is 1. The minimum atomic E-state index is -1.36. The lowest BCUT2D eigenvalue weighted by molar-refractivity contribution is -0.157. The Kier molecular flexibility index (Phi) is 2.62. The first-order valence-corrected chi connectivity index (χ1v) is 8.12.